The number of carbonyl (C=O) groups is 2. The van der Waals surface area contributed by atoms with Crippen molar-refractivity contribution < 1.29 is 9.59 Å². The van der Waals surface area contributed by atoms with Crippen LogP contribution in [0.5, 0.6) is 0 Å². The van der Waals surface area contributed by atoms with E-state index in [-0.39, 0.29) is 11.7 Å². The Morgan fingerprint density at radius 2 is 2.31 bits per heavy atom. The standard InChI is InChI=1S/C8H8N2O2S/c1-4(11)9-8-10-5-2-3-6(12)7(5)13-8/h2-3H2,1H3,(H,9,10,11). The van der Waals surface area contributed by atoms with Gasteiger partial charge in [-0.3, -0.25) is 9.59 Å². The van der Waals surface area contributed by atoms with E-state index < -0.39 is 0 Å². The van der Waals surface area contributed by atoms with E-state index >= 15 is 0 Å². The predicted molar refractivity (Wildman–Crippen MR) is 49.1 cm³/mol. The second-order valence-corrected chi connectivity index (χ2v) is 3.90. The summed E-state index contributed by atoms with van der Waals surface area (Å²) < 4.78 is 0. The van der Waals surface area contributed by atoms with Gasteiger partial charge in [-0.15, -0.1) is 0 Å². The smallest absolute Gasteiger partial charge is 0.223 e. The molecule has 1 aliphatic rings. The lowest BCUT2D eigenvalue weighted by molar-refractivity contribution is -0.114. The minimum atomic E-state index is -0.153. The second kappa shape index (κ2) is 2.92. The molecule has 0 bridgehead atoms. The summed E-state index contributed by atoms with van der Waals surface area (Å²) in [5.41, 5.74) is 0.832. The fourth-order valence-electron chi connectivity index (χ4n) is 1.29. The molecule has 1 amide bonds. The summed E-state index contributed by atoms with van der Waals surface area (Å²) in [6.45, 7) is 1.42. The SMILES string of the molecule is CC(=O)Nc1nc2c(s1)C(=O)CC2. The van der Waals surface area contributed by atoms with E-state index in [1.54, 1.807) is 0 Å². The highest BCUT2D eigenvalue weighted by atomic mass is 32.1. The first-order valence-electron chi connectivity index (χ1n) is 3.97. The zero-order valence-corrected chi connectivity index (χ0v) is 7.90. The number of hydrogen-bond donors (Lipinski definition) is 1. The molecule has 0 fully saturated rings. The molecular formula is C8H8N2O2S. The Bertz CT molecular complexity index is 383. The van der Waals surface area contributed by atoms with E-state index in [2.05, 4.69) is 10.3 Å². The first-order chi connectivity index (χ1) is 6.16. The average Bonchev–Trinajstić information content (AvgIpc) is 2.53. The van der Waals surface area contributed by atoms with Crippen molar-refractivity contribution in [3.63, 3.8) is 0 Å². The summed E-state index contributed by atoms with van der Waals surface area (Å²) >= 11 is 1.27. The number of nitrogens with zero attached hydrogens (tertiary/aromatic N) is 1. The van der Waals surface area contributed by atoms with Crippen LogP contribution in [0.1, 0.15) is 28.7 Å². The Kier molecular flexibility index (Phi) is 1.88. The maximum atomic E-state index is 11.2. The van der Waals surface area contributed by atoms with Gasteiger partial charge in [0, 0.05) is 13.3 Å². The van der Waals surface area contributed by atoms with Gasteiger partial charge in [-0.05, 0) is 6.42 Å². The summed E-state index contributed by atoms with van der Waals surface area (Å²) in [5, 5.41) is 3.10. The van der Waals surface area contributed by atoms with Crippen molar-refractivity contribution in [3.8, 4) is 0 Å². The molecule has 5 heteroatoms. The molecule has 68 valence electrons. The summed E-state index contributed by atoms with van der Waals surface area (Å²) in [6, 6.07) is 0. The normalized spacial score (nSPS) is 14.4. The minimum Gasteiger partial charge on any atom is -0.302 e. The zero-order chi connectivity index (χ0) is 9.42. The van der Waals surface area contributed by atoms with Crippen LogP contribution < -0.4 is 5.32 Å². The number of anilines is 1. The van der Waals surface area contributed by atoms with Crippen molar-refractivity contribution in [1.82, 2.24) is 4.98 Å². The van der Waals surface area contributed by atoms with Gasteiger partial charge in [0.1, 0.15) is 0 Å². The van der Waals surface area contributed by atoms with Crippen LogP contribution in [0, 0.1) is 0 Å². The molecule has 2 rings (SSSR count). The molecule has 0 aromatic carbocycles. The minimum absolute atomic E-state index is 0.143. The molecule has 0 atom stereocenters. The quantitative estimate of drug-likeness (QED) is 0.734. The van der Waals surface area contributed by atoms with E-state index in [0.29, 0.717) is 22.9 Å². The number of rotatable bonds is 1. The van der Waals surface area contributed by atoms with Gasteiger partial charge in [0.2, 0.25) is 5.91 Å². The zero-order valence-electron chi connectivity index (χ0n) is 7.09. The van der Waals surface area contributed by atoms with E-state index in [1.807, 2.05) is 0 Å². The number of hydrogen-bond acceptors (Lipinski definition) is 4. The first-order valence-corrected chi connectivity index (χ1v) is 4.79. The van der Waals surface area contributed by atoms with Crippen LogP contribution in [-0.2, 0) is 11.2 Å². The van der Waals surface area contributed by atoms with Crippen LogP contribution in [0.3, 0.4) is 0 Å². The third kappa shape index (κ3) is 1.47. The van der Waals surface area contributed by atoms with E-state index in [4.69, 9.17) is 0 Å². The molecule has 1 aliphatic carbocycles. The molecule has 0 radical (unpaired) electrons. The summed E-state index contributed by atoms with van der Waals surface area (Å²) in [4.78, 5) is 26.8. The van der Waals surface area contributed by atoms with Crippen LogP contribution >= 0.6 is 11.3 Å². The Morgan fingerprint density at radius 1 is 1.54 bits per heavy atom. The number of aryl methyl sites for hydroxylation is 1. The number of carbonyl (C=O) groups excluding carboxylic acids is 2. The maximum Gasteiger partial charge on any atom is 0.223 e. The lowest BCUT2D eigenvalue weighted by Gasteiger charge is -1.93. The number of aromatic nitrogens is 1. The third-order valence-electron chi connectivity index (χ3n) is 1.82. The van der Waals surface area contributed by atoms with E-state index in [9.17, 15) is 9.59 Å². The van der Waals surface area contributed by atoms with Gasteiger partial charge in [0.25, 0.3) is 0 Å². The molecule has 0 saturated heterocycles. The van der Waals surface area contributed by atoms with Gasteiger partial charge in [0.05, 0.1) is 10.6 Å². The molecule has 0 saturated carbocycles. The Morgan fingerprint density at radius 3 is 2.92 bits per heavy atom. The molecule has 1 heterocycles. The highest BCUT2D eigenvalue weighted by molar-refractivity contribution is 7.17. The number of amides is 1. The number of fused-ring (bicyclic) bond motifs is 1. The van der Waals surface area contributed by atoms with Crippen molar-refractivity contribution in [2.75, 3.05) is 5.32 Å². The van der Waals surface area contributed by atoms with Crippen molar-refractivity contribution in [2.24, 2.45) is 0 Å². The number of Topliss-reactive ketones (excluding diaryl/α,β-unsaturated/α-hetero) is 1. The van der Waals surface area contributed by atoms with Crippen molar-refractivity contribution >= 4 is 28.2 Å². The van der Waals surface area contributed by atoms with E-state index in [0.717, 1.165) is 5.69 Å². The van der Waals surface area contributed by atoms with Crippen LogP contribution in [0.15, 0.2) is 0 Å². The van der Waals surface area contributed by atoms with Gasteiger partial charge < -0.3 is 5.32 Å². The van der Waals surface area contributed by atoms with E-state index in [1.165, 1.54) is 18.3 Å². The topological polar surface area (TPSA) is 59.1 Å². The average molecular weight is 196 g/mol. The lowest BCUT2D eigenvalue weighted by Crippen LogP contribution is -2.05. The Hall–Kier alpha value is -1.23. The molecule has 1 aromatic rings. The van der Waals surface area contributed by atoms with Gasteiger partial charge in [-0.25, -0.2) is 4.98 Å². The predicted octanol–water partition coefficient (Wildman–Crippen LogP) is 1.23. The summed E-state index contributed by atoms with van der Waals surface area (Å²) in [6.07, 6.45) is 1.28. The number of thiazole rings is 1. The lowest BCUT2D eigenvalue weighted by atomic mass is 10.3. The summed E-state index contributed by atoms with van der Waals surface area (Å²) in [5.74, 6) is -0.0102. The van der Waals surface area contributed by atoms with Gasteiger partial charge in [-0.1, -0.05) is 11.3 Å². The molecule has 0 spiro atoms. The van der Waals surface area contributed by atoms with Crippen molar-refractivity contribution in [3.05, 3.63) is 10.6 Å². The monoisotopic (exact) mass is 196 g/mol. The number of ketones is 1. The second-order valence-electron chi connectivity index (χ2n) is 2.90. The highest BCUT2D eigenvalue weighted by Gasteiger charge is 2.24. The van der Waals surface area contributed by atoms with Crippen LogP contribution in [-0.4, -0.2) is 16.7 Å². The van der Waals surface area contributed by atoms with Gasteiger partial charge >= 0.3 is 0 Å². The molecule has 1 aromatic heterocycles. The fourth-order valence-corrected chi connectivity index (χ4v) is 2.31. The molecule has 4 nitrogen and oxygen atoms in total. The first kappa shape index (κ1) is 8.37. The van der Waals surface area contributed by atoms with Gasteiger partial charge in [0.15, 0.2) is 10.9 Å². The maximum absolute atomic E-state index is 11.2. The molecule has 0 unspecified atom stereocenters. The molecule has 0 aliphatic heterocycles. The van der Waals surface area contributed by atoms with Crippen molar-refractivity contribution in [2.45, 2.75) is 19.8 Å². The molecule has 1 N–H and O–H groups in total. The molecule has 13 heavy (non-hydrogen) atoms. The Labute approximate surface area is 79.0 Å². The van der Waals surface area contributed by atoms with Crippen LogP contribution in [0.25, 0.3) is 0 Å². The van der Waals surface area contributed by atoms with Crippen molar-refractivity contribution in [1.29, 1.82) is 0 Å². The number of nitrogens with one attached hydrogen (secondary N) is 1. The summed E-state index contributed by atoms with van der Waals surface area (Å²) in [7, 11) is 0. The van der Waals surface area contributed by atoms with Crippen LogP contribution in [0.4, 0.5) is 5.13 Å². The van der Waals surface area contributed by atoms with Gasteiger partial charge in [-0.2, -0.15) is 0 Å². The highest BCUT2D eigenvalue weighted by Crippen LogP contribution is 2.30. The largest absolute Gasteiger partial charge is 0.302 e. The third-order valence-corrected chi connectivity index (χ3v) is 2.88. The molecular weight excluding hydrogens is 188 g/mol. The Balaban J connectivity index is 2.28. The van der Waals surface area contributed by atoms with Crippen LogP contribution in [0.2, 0.25) is 0 Å². The fraction of sp³-hybridized carbons (Fsp3) is 0.375.